The van der Waals surface area contributed by atoms with Crippen LogP contribution in [0.4, 0.5) is 0 Å². The Balaban J connectivity index is 1.65. The highest BCUT2D eigenvalue weighted by Gasteiger charge is 2.60. The van der Waals surface area contributed by atoms with Crippen molar-refractivity contribution in [1.29, 1.82) is 0 Å². The van der Waals surface area contributed by atoms with Gasteiger partial charge in [-0.3, -0.25) is 0 Å². The van der Waals surface area contributed by atoms with Crippen LogP contribution in [0.5, 0.6) is 0 Å². The van der Waals surface area contributed by atoms with Gasteiger partial charge in [-0.25, -0.2) is 0 Å². The molecule has 0 spiro atoms. The fourth-order valence-electron chi connectivity index (χ4n) is 4.17. The van der Waals surface area contributed by atoms with Crippen LogP contribution in [0.25, 0.3) is 0 Å². The summed E-state index contributed by atoms with van der Waals surface area (Å²) in [5.74, 6) is -6.93. The molecule has 3 heterocycles. The molecule has 0 aliphatic carbocycles. The van der Waals surface area contributed by atoms with E-state index in [1.54, 1.807) is 0 Å². The summed E-state index contributed by atoms with van der Waals surface area (Å²) in [5.41, 5.74) is 0. The van der Waals surface area contributed by atoms with Crippen molar-refractivity contribution in [1.82, 2.24) is 0 Å². The zero-order chi connectivity index (χ0) is 25.5. The van der Waals surface area contributed by atoms with Crippen LogP contribution < -0.4 is 0 Å². The number of aliphatic hydroxyl groups is 11. The van der Waals surface area contributed by atoms with Crippen molar-refractivity contribution in [2.75, 3.05) is 39.6 Å². The Morgan fingerprint density at radius 3 is 1.35 bits per heavy atom. The minimum Gasteiger partial charge on any atom is -0.394 e. The Labute approximate surface area is 192 Å². The second-order valence-electron chi connectivity index (χ2n) is 8.52. The highest BCUT2D eigenvalue weighted by Crippen LogP contribution is 2.37. The highest BCUT2D eigenvalue weighted by molar-refractivity contribution is 5.01. The molecule has 3 rings (SSSR count). The average molecular weight is 504 g/mol. The summed E-state index contributed by atoms with van der Waals surface area (Å²) in [7, 11) is 0. The van der Waals surface area contributed by atoms with Gasteiger partial charge in [-0.2, -0.15) is 0 Å². The van der Waals surface area contributed by atoms with Gasteiger partial charge in [-0.1, -0.05) is 0 Å². The summed E-state index contributed by atoms with van der Waals surface area (Å²) in [6.07, 6.45) is -14.7. The predicted octanol–water partition coefficient (Wildman–Crippen LogP) is -7.57. The van der Waals surface area contributed by atoms with Gasteiger partial charge in [0.05, 0.1) is 26.4 Å². The van der Waals surface area contributed by atoms with Crippen molar-refractivity contribution in [3.8, 4) is 0 Å². The van der Waals surface area contributed by atoms with Gasteiger partial charge in [0.15, 0.2) is 0 Å². The predicted molar refractivity (Wildman–Crippen MR) is 101 cm³/mol. The molecule has 12 atom stereocenters. The Morgan fingerprint density at radius 2 is 0.971 bits per heavy atom. The van der Waals surface area contributed by atoms with Crippen LogP contribution in [-0.2, 0) is 23.7 Å². The van der Waals surface area contributed by atoms with E-state index in [2.05, 4.69) is 0 Å². The third-order valence-electron chi connectivity index (χ3n) is 6.36. The normalized spacial score (nSPS) is 51.4. The van der Waals surface area contributed by atoms with Gasteiger partial charge in [0, 0.05) is 0 Å². The fourth-order valence-corrected chi connectivity index (χ4v) is 4.17. The maximum absolute atomic E-state index is 10.4. The maximum atomic E-state index is 10.4. The molecule has 0 aromatic carbocycles. The van der Waals surface area contributed by atoms with Crippen LogP contribution in [0.1, 0.15) is 0 Å². The zero-order valence-electron chi connectivity index (χ0n) is 17.9. The Hall–Kier alpha value is -0.640. The van der Waals surface area contributed by atoms with Crippen LogP contribution in [-0.4, -0.2) is 168 Å². The maximum Gasteiger partial charge on any atom is 0.221 e. The molecule has 16 heteroatoms. The highest BCUT2D eigenvalue weighted by atomic mass is 16.8. The molecule has 0 aromatic rings. The van der Waals surface area contributed by atoms with Crippen molar-refractivity contribution in [3.05, 3.63) is 0 Å². The molecule has 0 aromatic heterocycles. The third-order valence-corrected chi connectivity index (χ3v) is 6.36. The van der Waals surface area contributed by atoms with Crippen LogP contribution in [0.2, 0.25) is 0 Å². The number of aliphatic hydroxyl groups excluding tert-OH is 10. The number of ether oxygens (including phenoxy) is 5. The molecule has 0 unspecified atom stereocenters. The van der Waals surface area contributed by atoms with Gasteiger partial charge in [0.25, 0.3) is 0 Å². The minimum absolute atomic E-state index is 0.655. The molecular weight excluding hydrogens is 472 g/mol. The monoisotopic (exact) mass is 504 g/mol. The quantitative estimate of drug-likeness (QED) is 0.132. The van der Waals surface area contributed by atoms with Crippen LogP contribution in [0, 0.1) is 0 Å². The van der Waals surface area contributed by atoms with Gasteiger partial charge in [-0.05, 0) is 0 Å². The van der Waals surface area contributed by atoms with Crippen molar-refractivity contribution in [2.24, 2.45) is 0 Å². The van der Waals surface area contributed by atoms with Gasteiger partial charge in [0.1, 0.15) is 68.1 Å². The Morgan fingerprint density at radius 1 is 0.559 bits per heavy atom. The van der Waals surface area contributed by atoms with E-state index in [9.17, 15) is 51.1 Å². The van der Waals surface area contributed by atoms with Crippen molar-refractivity contribution < 1.29 is 79.9 Å². The molecule has 0 bridgehead atoms. The second-order valence-corrected chi connectivity index (χ2v) is 8.52. The number of rotatable bonds is 10. The zero-order valence-corrected chi connectivity index (χ0v) is 17.9. The molecule has 16 nitrogen and oxygen atoms in total. The Kier molecular flexibility index (Phi) is 8.53. The lowest BCUT2D eigenvalue weighted by Gasteiger charge is -2.33. The van der Waals surface area contributed by atoms with Crippen LogP contribution in [0.3, 0.4) is 0 Å². The van der Waals surface area contributed by atoms with E-state index >= 15 is 0 Å². The molecule has 0 saturated carbocycles. The molecule has 200 valence electrons. The lowest BCUT2D eigenvalue weighted by Crippen LogP contribution is -2.50. The molecule has 3 aliphatic rings. The van der Waals surface area contributed by atoms with E-state index in [0.717, 1.165) is 0 Å². The second kappa shape index (κ2) is 10.4. The summed E-state index contributed by atoms with van der Waals surface area (Å²) >= 11 is 0. The lowest BCUT2D eigenvalue weighted by molar-refractivity contribution is -0.311. The SMILES string of the molecule is OC[C@H]1O[C@](CO)(OC[C@H]2O[C@](CO)(OC[C@H]3O[C@](O)(CO)[C@@H](O)[C@@H]3O)[C@@H](O)[C@@H]2O)[C@@H](O)[C@@H]1O. The third kappa shape index (κ3) is 4.59. The molecule has 3 aliphatic heterocycles. The van der Waals surface area contributed by atoms with Crippen LogP contribution in [0.15, 0.2) is 0 Å². The van der Waals surface area contributed by atoms with E-state index < -0.39 is 112 Å². The average Bonchev–Trinajstić information content (AvgIpc) is 3.33. The molecule has 3 saturated heterocycles. The van der Waals surface area contributed by atoms with E-state index in [-0.39, 0.29) is 0 Å². The first-order valence-electron chi connectivity index (χ1n) is 10.5. The van der Waals surface area contributed by atoms with E-state index in [0.29, 0.717) is 0 Å². The standard InChI is InChI=1S/C18H32O16/c19-1-7-10(23)14(27)17(5-21,33-7)31-3-9-12(25)15(28)18(6-22,34-9)30-2-8-11(24)13(26)16(29,4-20)32-8/h7-15,19-29H,1-6H2/t7-,8-,9-,10-,11-,12-,13+,14+,15+,16-,17+,18+/m1/s1. The van der Waals surface area contributed by atoms with Gasteiger partial charge >= 0.3 is 0 Å². The lowest BCUT2D eigenvalue weighted by atomic mass is 10.0. The summed E-state index contributed by atoms with van der Waals surface area (Å²) < 4.78 is 26.4. The fraction of sp³-hybridized carbons (Fsp3) is 1.00. The summed E-state index contributed by atoms with van der Waals surface area (Å²) in [4.78, 5) is 0. The largest absolute Gasteiger partial charge is 0.394 e. The first-order valence-corrected chi connectivity index (χ1v) is 10.5. The molecular formula is C18H32O16. The van der Waals surface area contributed by atoms with Gasteiger partial charge in [-0.15, -0.1) is 0 Å². The van der Waals surface area contributed by atoms with Crippen molar-refractivity contribution in [2.45, 2.75) is 72.3 Å². The Bertz CT molecular complexity index is 684. The summed E-state index contributed by atoms with van der Waals surface area (Å²) in [6.45, 7) is -5.05. The summed E-state index contributed by atoms with van der Waals surface area (Å²) in [6, 6.07) is 0. The molecule has 11 N–H and O–H groups in total. The minimum atomic E-state index is -2.47. The number of hydrogen-bond acceptors (Lipinski definition) is 16. The van der Waals surface area contributed by atoms with E-state index in [4.69, 9.17) is 28.8 Å². The molecule has 3 fully saturated rings. The molecule has 0 amide bonds. The number of hydrogen-bond donors (Lipinski definition) is 11. The van der Waals surface area contributed by atoms with Gasteiger partial charge in [0.2, 0.25) is 17.4 Å². The first kappa shape index (κ1) is 27.9. The molecule has 34 heavy (non-hydrogen) atoms. The van der Waals surface area contributed by atoms with Crippen LogP contribution >= 0.6 is 0 Å². The van der Waals surface area contributed by atoms with Crippen molar-refractivity contribution in [3.63, 3.8) is 0 Å². The van der Waals surface area contributed by atoms with Crippen molar-refractivity contribution >= 4 is 0 Å². The molecule has 0 radical (unpaired) electrons. The van der Waals surface area contributed by atoms with E-state index in [1.807, 2.05) is 0 Å². The van der Waals surface area contributed by atoms with E-state index in [1.165, 1.54) is 0 Å². The smallest absolute Gasteiger partial charge is 0.221 e. The first-order chi connectivity index (χ1) is 15.9. The topological polar surface area (TPSA) is 269 Å². The van der Waals surface area contributed by atoms with Gasteiger partial charge < -0.3 is 79.9 Å². The summed E-state index contributed by atoms with van der Waals surface area (Å²) in [5, 5.41) is 109.